The minimum Gasteiger partial charge on any atom is -0.494 e. The summed E-state index contributed by atoms with van der Waals surface area (Å²) in [6, 6.07) is 15.7. The van der Waals surface area contributed by atoms with Crippen molar-refractivity contribution in [1.29, 1.82) is 0 Å². The van der Waals surface area contributed by atoms with Crippen molar-refractivity contribution in [3.63, 3.8) is 0 Å². The Hall–Kier alpha value is -2.20. The van der Waals surface area contributed by atoms with Gasteiger partial charge in [0, 0.05) is 12.8 Å². The van der Waals surface area contributed by atoms with Gasteiger partial charge in [-0.15, -0.1) is 11.6 Å². The van der Waals surface area contributed by atoms with Gasteiger partial charge in [-0.05, 0) is 41.8 Å². The lowest BCUT2D eigenvalue weighted by Gasteiger charge is -2.09. The average Bonchev–Trinajstić information content (AvgIpc) is 2.60. The number of rotatable bonds is 9. The molecule has 0 aliphatic carbocycles. The number of benzene rings is 2. The first kappa shape index (κ1) is 18.1. The fraction of sp³-hybridized carbons (Fsp3) is 0.316. The summed E-state index contributed by atoms with van der Waals surface area (Å²) < 4.78 is 15.9. The molecule has 24 heavy (non-hydrogen) atoms. The van der Waals surface area contributed by atoms with E-state index in [1.807, 2.05) is 48.5 Å². The van der Waals surface area contributed by atoms with Crippen molar-refractivity contribution in [2.24, 2.45) is 0 Å². The fourth-order valence-corrected chi connectivity index (χ4v) is 2.19. The third-order valence-corrected chi connectivity index (χ3v) is 3.51. The van der Waals surface area contributed by atoms with Crippen LogP contribution in [0.5, 0.6) is 11.5 Å². The van der Waals surface area contributed by atoms with E-state index in [0.717, 1.165) is 29.0 Å². The molecule has 0 saturated heterocycles. The molecule has 2 rings (SSSR count). The second-order valence-electron chi connectivity index (χ2n) is 5.13. The number of hydrogen-bond acceptors (Lipinski definition) is 4. The maximum absolute atomic E-state index is 10.7. The van der Waals surface area contributed by atoms with Gasteiger partial charge in [-0.25, -0.2) is 0 Å². The second-order valence-corrected chi connectivity index (χ2v) is 5.51. The molecule has 0 bridgehead atoms. The summed E-state index contributed by atoms with van der Waals surface area (Å²) in [6.45, 7) is 2.60. The number of alkyl halides is 1. The lowest BCUT2D eigenvalue weighted by molar-refractivity contribution is -0.141. The molecule has 0 atom stereocenters. The molecule has 128 valence electrons. The summed E-state index contributed by atoms with van der Waals surface area (Å²) in [7, 11) is 0. The van der Waals surface area contributed by atoms with E-state index < -0.39 is 0 Å². The van der Waals surface area contributed by atoms with Crippen LogP contribution in [0.25, 0.3) is 11.1 Å². The Morgan fingerprint density at radius 3 is 1.79 bits per heavy atom. The molecule has 0 amide bonds. The summed E-state index contributed by atoms with van der Waals surface area (Å²) in [6.07, 6.45) is 0.836. The number of esters is 1. The van der Waals surface area contributed by atoms with Crippen molar-refractivity contribution in [3.8, 4) is 22.6 Å². The standard InChI is InChI=1S/C19H21ClO4/c1-15(21)22-13-14-24-19-9-5-17(6-10-19)16-3-7-18(8-4-16)23-12-2-11-20/h3-10H,2,11-14H2,1H3. The van der Waals surface area contributed by atoms with Gasteiger partial charge in [0.2, 0.25) is 0 Å². The van der Waals surface area contributed by atoms with Gasteiger partial charge in [-0.3, -0.25) is 4.79 Å². The van der Waals surface area contributed by atoms with Gasteiger partial charge in [0.15, 0.2) is 0 Å². The van der Waals surface area contributed by atoms with Crippen molar-refractivity contribution in [2.75, 3.05) is 25.7 Å². The Balaban J connectivity index is 1.87. The minimum atomic E-state index is -0.302. The third kappa shape index (κ3) is 6.13. The van der Waals surface area contributed by atoms with Gasteiger partial charge < -0.3 is 14.2 Å². The monoisotopic (exact) mass is 348 g/mol. The van der Waals surface area contributed by atoms with E-state index >= 15 is 0 Å². The van der Waals surface area contributed by atoms with Crippen LogP contribution in [-0.2, 0) is 9.53 Å². The lowest BCUT2D eigenvalue weighted by atomic mass is 10.1. The molecule has 2 aromatic carbocycles. The van der Waals surface area contributed by atoms with Gasteiger partial charge in [-0.2, -0.15) is 0 Å². The van der Waals surface area contributed by atoms with Gasteiger partial charge in [-0.1, -0.05) is 24.3 Å². The molecule has 0 aromatic heterocycles. The van der Waals surface area contributed by atoms with Crippen LogP contribution in [0.2, 0.25) is 0 Å². The average molecular weight is 349 g/mol. The molecule has 0 fully saturated rings. The number of carbonyl (C=O) groups is 1. The highest BCUT2D eigenvalue weighted by molar-refractivity contribution is 6.17. The number of halogens is 1. The first-order valence-electron chi connectivity index (χ1n) is 7.84. The first-order valence-corrected chi connectivity index (χ1v) is 8.38. The van der Waals surface area contributed by atoms with E-state index in [-0.39, 0.29) is 12.6 Å². The van der Waals surface area contributed by atoms with Crippen molar-refractivity contribution >= 4 is 17.6 Å². The topological polar surface area (TPSA) is 44.8 Å². The van der Waals surface area contributed by atoms with E-state index in [1.54, 1.807) is 0 Å². The molecule has 0 heterocycles. The van der Waals surface area contributed by atoms with Gasteiger partial charge in [0.05, 0.1) is 6.61 Å². The zero-order valence-electron chi connectivity index (χ0n) is 13.7. The molecule has 0 spiro atoms. The molecule has 0 aliphatic rings. The molecule has 0 saturated carbocycles. The maximum atomic E-state index is 10.7. The molecule has 0 N–H and O–H groups in total. The van der Waals surface area contributed by atoms with E-state index in [2.05, 4.69) is 0 Å². The zero-order valence-corrected chi connectivity index (χ0v) is 14.4. The molecule has 0 unspecified atom stereocenters. The summed E-state index contributed by atoms with van der Waals surface area (Å²) in [5.74, 6) is 1.89. The summed E-state index contributed by atoms with van der Waals surface area (Å²) >= 11 is 5.63. The van der Waals surface area contributed by atoms with Crippen LogP contribution >= 0.6 is 11.6 Å². The highest BCUT2D eigenvalue weighted by Crippen LogP contribution is 2.24. The quantitative estimate of drug-likeness (QED) is 0.385. The van der Waals surface area contributed by atoms with Crippen LogP contribution in [0, 0.1) is 0 Å². The van der Waals surface area contributed by atoms with Crippen molar-refractivity contribution in [3.05, 3.63) is 48.5 Å². The highest BCUT2D eigenvalue weighted by atomic mass is 35.5. The van der Waals surface area contributed by atoms with Crippen LogP contribution in [0.4, 0.5) is 0 Å². The van der Waals surface area contributed by atoms with Crippen LogP contribution in [-0.4, -0.2) is 31.7 Å². The lowest BCUT2D eigenvalue weighted by Crippen LogP contribution is -2.09. The Labute approximate surface area is 147 Å². The number of ether oxygens (including phenoxy) is 3. The molecule has 5 heteroatoms. The Morgan fingerprint density at radius 2 is 1.33 bits per heavy atom. The largest absolute Gasteiger partial charge is 0.494 e. The van der Waals surface area contributed by atoms with E-state index in [9.17, 15) is 4.79 Å². The summed E-state index contributed by atoms with van der Waals surface area (Å²) in [5, 5.41) is 0. The Morgan fingerprint density at radius 1 is 0.833 bits per heavy atom. The van der Waals surface area contributed by atoms with Crippen LogP contribution in [0.3, 0.4) is 0 Å². The van der Waals surface area contributed by atoms with Crippen LogP contribution < -0.4 is 9.47 Å². The van der Waals surface area contributed by atoms with Gasteiger partial charge in [0.25, 0.3) is 0 Å². The van der Waals surface area contributed by atoms with Gasteiger partial charge in [0.1, 0.15) is 24.7 Å². The highest BCUT2D eigenvalue weighted by Gasteiger charge is 2.01. The van der Waals surface area contributed by atoms with Gasteiger partial charge >= 0.3 is 5.97 Å². The number of hydrogen-bond donors (Lipinski definition) is 0. The van der Waals surface area contributed by atoms with Crippen molar-refractivity contribution in [2.45, 2.75) is 13.3 Å². The smallest absolute Gasteiger partial charge is 0.302 e. The number of carbonyl (C=O) groups excluding carboxylic acids is 1. The molecular weight excluding hydrogens is 328 g/mol. The van der Waals surface area contributed by atoms with E-state index in [4.69, 9.17) is 25.8 Å². The summed E-state index contributed by atoms with van der Waals surface area (Å²) in [5.41, 5.74) is 2.20. The first-order chi connectivity index (χ1) is 11.7. The minimum absolute atomic E-state index is 0.252. The SMILES string of the molecule is CC(=O)OCCOc1ccc(-c2ccc(OCCCCl)cc2)cc1. The molecule has 4 nitrogen and oxygen atoms in total. The third-order valence-electron chi connectivity index (χ3n) is 3.25. The van der Waals surface area contributed by atoms with Crippen molar-refractivity contribution in [1.82, 2.24) is 0 Å². The molecule has 2 aromatic rings. The van der Waals surface area contributed by atoms with Crippen LogP contribution in [0.1, 0.15) is 13.3 Å². The predicted octanol–water partition coefficient (Wildman–Crippen LogP) is 4.30. The second kappa shape index (κ2) is 9.83. The normalized spacial score (nSPS) is 10.2. The van der Waals surface area contributed by atoms with E-state index in [1.165, 1.54) is 6.92 Å². The Kier molecular flexibility index (Phi) is 7.43. The van der Waals surface area contributed by atoms with E-state index in [0.29, 0.717) is 19.1 Å². The molecular formula is C19H21ClO4. The summed E-state index contributed by atoms with van der Waals surface area (Å²) in [4.78, 5) is 10.7. The predicted molar refractivity (Wildman–Crippen MR) is 94.8 cm³/mol. The zero-order chi connectivity index (χ0) is 17.2. The Bertz CT molecular complexity index is 623. The van der Waals surface area contributed by atoms with Crippen molar-refractivity contribution < 1.29 is 19.0 Å². The van der Waals surface area contributed by atoms with Crippen LogP contribution in [0.15, 0.2) is 48.5 Å². The maximum Gasteiger partial charge on any atom is 0.302 e. The fourth-order valence-electron chi connectivity index (χ4n) is 2.08. The molecule has 0 aliphatic heterocycles. The molecule has 0 radical (unpaired) electrons.